The van der Waals surface area contributed by atoms with Crippen molar-refractivity contribution < 1.29 is 44.9 Å². The Hall–Kier alpha value is -3.33. The average Bonchev–Trinajstić information content (AvgIpc) is 4.13. The minimum Gasteiger partial charge on any atom is -0.490 e. The SMILES string of the molecule is Cc1cc(COC2(c3cnccc3-c3ccccc3OC3CC3)CC2)c(Cl)cc1CCCCN(CCCCCO)C(=O)NCC(O)C(O)C(O)C(O)CO. The van der Waals surface area contributed by atoms with Gasteiger partial charge in [0.05, 0.1) is 31.0 Å². The zero-order chi connectivity index (χ0) is 38.7. The number of hydrogen-bond donors (Lipinski definition) is 7. The smallest absolute Gasteiger partial charge is 0.317 e. The minimum absolute atomic E-state index is 0.0720. The number of hydrogen-bond acceptors (Lipinski definition) is 10. The molecule has 12 nitrogen and oxygen atoms in total. The first-order chi connectivity index (χ1) is 26.1. The number of aliphatic hydroxyl groups is 6. The molecule has 296 valence electrons. The first kappa shape index (κ1) is 41.8. The van der Waals surface area contributed by atoms with Crippen LogP contribution in [0, 0.1) is 6.92 Å². The summed E-state index contributed by atoms with van der Waals surface area (Å²) < 4.78 is 12.9. The number of halogens is 1. The van der Waals surface area contributed by atoms with Crippen molar-refractivity contribution in [3.8, 4) is 16.9 Å². The second kappa shape index (κ2) is 20.0. The van der Waals surface area contributed by atoms with Crippen molar-refractivity contribution in [2.75, 3.05) is 32.8 Å². The third-order valence-corrected chi connectivity index (χ3v) is 10.7. The van der Waals surface area contributed by atoms with Crippen molar-refractivity contribution in [2.24, 2.45) is 0 Å². The molecule has 2 amide bonds. The summed E-state index contributed by atoms with van der Waals surface area (Å²) in [6, 6.07) is 13.9. The molecule has 3 aromatic rings. The van der Waals surface area contributed by atoms with Gasteiger partial charge in [-0.25, -0.2) is 4.79 Å². The van der Waals surface area contributed by atoms with Gasteiger partial charge in [0.2, 0.25) is 0 Å². The van der Waals surface area contributed by atoms with Crippen LogP contribution in [0.1, 0.15) is 80.0 Å². The molecule has 0 aliphatic heterocycles. The molecule has 4 atom stereocenters. The van der Waals surface area contributed by atoms with Crippen molar-refractivity contribution in [3.63, 3.8) is 0 Å². The number of nitrogens with one attached hydrogen (secondary N) is 1. The molecular formula is C41H56ClN3O9. The fraction of sp³-hybridized carbons (Fsp3) is 0.561. The third-order valence-electron chi connectivity index (χ3n) is 10.3. The van der Waals surface area contributed by atoms with Crippen molar-refractivity contribution in [2.45, 2.75) is 114 Å². The van der Waals surface area contributed by atoms with E-state index in [1.54, 1.807) is 4.90 Å². The van der Waals surface area contributed by atoms with Crippen LogP contribution in [0.5, 0.6) is 5.75 Å². The summed E-state index contributed by atoms with van der Waals surface area (Å²) in [5.41, 5.74) is 5.88. The lowest BCUT2D eigenvalue weighted by Gasteiger charge is -2.27. The highest BCUT2D eigenvalue weighted by molar-refractivity contribution is 6.31. The number of rotatable bonds is 23. The molecule has 5 rings (SSSR count). The Morgan fingerprint density at radius 3 is 2.37 bits per heavy atom. The van der Waals surface area contributed by atoms with Gasteiger partial charge < -0.3 is 50.3 Å². The first-order valence-electron chi connectivity index (χ1n) is 19.2. The molecule has 0 saturated heterocycles. The number of amides is 2. The Labute approximate surface area is 322 Å². The molecule has 2 aliphatic rings. The monoisotopic (exact) mass is 769 g/mol. The van der Waals surface area contributed by atoms with E-state index >= 15 is 0 Å². The van der Waals surface area contributed by atoms with Crippen LogP contribution in [0.4, 0.5) is 4.79 Å². The van der Waals surface area contributed by atoms with Crippen LogP contribution >= 0.6 is 11.6 Å². The highest BCUT2D eigenvalue weighted by atomic mass is 35.5. The lowest BCUT2D eigenvalue weighted by molar-refractivity contribution is -0.113. The second-order valence-electron chi connectivity index (χ2n) is 14.6. The number of pyridine rings is 1. The molecule has 2 fully saturated rings. The van der Waals surface area contributed by atoms with E-state index in [2.05, 4.69) is 29.4 Å². The molecule has 0 spiro atoms. The number of unbranched alkanes of at least 4 members (excludes halogenated alkanes) is 3. The molecule has 1 heterocycles. The number of benzene rings is 2. The predicted octanol–water partition coefficient (Wildman–Crippen LogP) is 4.39. The molecular weight excluding hydrogens is 714 g/mol. The predicted molar refractivity (Wildman–Crippen MR) is 205 cm³/mol. The Balaban J connectivity index is 1.15. The molecule has 7 N–H and O–H groups in total. The average molecular weight is 770 g/mol. The van der Waals surface area contributed by atoms with Gasteiger partial charge in [-0.15, -0.1) is 0 Å². The highest BCUT2D eigenvalue weighted by Crippen LogP contribution is 2.53. The van der Waals surface area contributed by atoms with Crippen LogP contribution in [0.25, 0.3) is 11.1 Å². The van der Waals surface area contributed by atoms with Gasteiger partial charge in [0.25, 0.3) is 0 Å². The van der Waals surface area contributed by atoms with Crippen LogP contribution in [0.15, 0.2) is 54.9 Å². The lowest BCUT2D eigenvalue weighted by Crippen LogP contribution is -2.51. The molecule has 2 aromatic carbocycles. The van der Waals surface area contributed by atoms with E-state index in [1.165, 1.54) is 0 Å². The lowest BCUT2D eigenvalue weighted by atomic mass is 9.96. The number of nitrogens with zero attached hydrogens (tertiary/aromatic N) is 2. The summed E-state index contributed by atoms with van der Waals surface area (Å²) in [7, 11) is 0. The van der Waals surface area contributed by atoms with Crippen molar-refractivity contribution >= 4 is 17.6 Å². The van der Waals surface area contributed by atoms with E-state index in [0.29, 0.717) is 44.0 Å². The van der Waals surface area contributed by atoms with Crippen LogP contribution in [0.2, 0.25) is 5.02 Å². The zero-order valence-corrected chi connectivity index (χ0v) is 31.8. The Kier molecular flexibility index (Phi) is 15.5. The van der Waals surface area contributed by atoms with E-state index in [-0.39, 0.29) is 19.3 Å². The van der Waals surface area contributed by atoms with Crippen LogP contribution < -0.4 is 10.1 Å². The summed E-state index contributed by atoms with van der Waals surface area (Å²) in [6.07, 6.45) is 5.56. The van der Waals surface area contributed by atoms with E-state index in [4.69, 9.17) is 31.3 Å². The quantitative estimate of drug-likeness (QED) is 0.0683. The van der Waals surface area contributed by atoms with Crippen LogP contribution in [0.3, 0.4) is 0 Å². The Morgan fingerprint density at radius 1 is 0.944 bits per heavy atom. The molecule has 1 aromatic heterocycles. The number of carbonyl (C=O) groups is 1. The zero-order valence-electron chi connectivity index (χ0n) is 31.1. The molecule has 13 heteroatoms. The van der Waals surface area contributed by atoms with E-state index in [9.17, 15) is 25.2 Å². The van der Waals surface area contributed by atoms with Gasteiger partial charge in [-0.1, -0.05) is 35.9 Å². The number of para-hydroxylation sites is 1. The largest absolute Gasteiger partial charge is 0.490 e. The molecule has 4 unspecified atom stereocenters. The molecule has 0 radical (unpaired) electrons. The summed E-state index contributed by atoms with van der Waals surface area (Å²) in [5.74, 6) is 0.886. The maximum Gasteiger partial charge on any atom is 0.317 e. The van der Waals surface area contributed by atoms with E-state index < -0.39 is 42.7 Å². The minimum atomic E-state index is -1.77. The van der Waals surface area contributed by atoms with Crippen molar-refractivity contribution in [1.82, 2.24) is 15.2 Å². The Morgan fingerprint density at radius 2 is 1.67 bits per heavy atom. The van der Waals surface area contributed by atoms with Gasteiger partial charge in [-0.05, 0) is 112 Å². The van der Waals surface area contributed by atoms with Crippen molar-refractivity contribution in [3.05, 3.63) is 82.1 Å². The van der Waals surface area contributed by atoms with E-state index in [1.807, 2.05) is 42.7 Å². The number of aryl methyl sites for hydroxylation is 2. The Bertz CT molecular complexity index is 1650. The normalized spacial score (nSPS) is 17.0. The number of aromatic nitrogens is 1. The van der Waals surface area contributed by atoms with E-state index in [0.717, 1.165) is 84.1 Å². The first-order valence-corrected chi connectivity index (χ1v) is 19.5. The highest BCUT2D eigenvalue weighted by Gasteiger charge is 2.48. The van der Waals surface area contributed by atoms with Gasteiger partial charge in [-0.2, -0.15) is 0 Å². The maximum atomic E-state index is 13.1. The topological polar surface area (TPSA) is 185 Å². The maximum absolute atomic E-state index is 13.1. The molecule has 2 saturated carbocycles. The fourth-order valence-electron chi connectivity index (χ4n) is 6.64. The third kappa shape index (κ3) is 11.4. The second-order valence-corrected chi connectivity index (χ2v) is 15.0. The van der Waals surface area contributed by atoms with Gasteiger partial charge in [0.1, 0.15) is 24.1 Å². The fourth-order valence-corrected chi connectivity index (χ4v) is 6.89. The van der Waals surface area contributed by atoms with Gasteiger partial charge in [0, 0.05) is 54.8 Å². The molecule has 0 bridgehead atoms. The number of urea groups is 1. The summed E-state index contributed by atoms with van der Waals surface area (Å²) in [5, 5.41) is 61.2. The van der Waals surface area contributed by atoms with Gasteiger partial charge in [0.15, 0.2) is 0 Å². The van der Waals surface area contributed by atoms with Crippen molar-refractivity contribution in [1.29, 1.82) is 0 Å². The number of aliphatic hydroxyl groups excluding tert-OH is 6. The van der Waals surface area contributed by atoms with Gasteiger partial charge in [-0.3, -0.25) is 4.98 Å². The van der Waals surface area contributed by atoms with Crippen LogP contribution in [-0.2, 0) is 23.4 Å². The van der Waals surface area contributed by atoms with Gasteiger partial charge >= 0.3 is 6.03 Å². The number of ether oxygens (including phenoxy) is 2. The molecule has 2 aliphatic carbocycles. The van der Waals surface area contributed by atoms with Crippen LogP contribution in [-0.4, -0.2) is 110 Å². The molecule has 54 heavy (non-hydrogen) atoms. The number of carbonyl (C=O) groups excluding carboxylic acids is 1. The summed E-state index contributed by atoms with van der Waals surface area (Å²) >= 11 is 6.85. The standard InChI is InChI=1S/C41H56ClN3O9/c1-27-21-29(26-53-41(15-16-41)33-23-43-17-14-31(33)32-10-3-4-11-37(32)54-30-12-13-30)34(42)22-28(27)9-5-7-19-45(18-6-2-8-20-46)40(52)44-24-35(48)38(50)39(51)36(49)25-47/h3-4,10-11,14,17,21-23,30,35-36,38-39,46-51H,2,5-9,12-13,15-16,18-20,24-26H2,1H3,(H,44,52). The summed E-state index contributed by atoms with van der Waals surface area (Å²) in [6.45, 7) is 2.25. The summed E-state index contributed by atoms with van der Waals surface area (Å²) in [4.78, 5) is 19.2.